The molecule has 0 atom stereocenters. The number of carbonyl (C=O) groups excluding carboxylic acids is 1. The average Bonchev–Trinajstić information content (AvgIpc) is 2.95. The molecule has 2 aromatic rings. The number of nitrogens with one attached hydrogen (secondary N) is 1. The highest BCUT2D eigenvalue weighted by Crippen LogP contribution is 2.24. The molecule has 2 aromatic heterocycles. The summed E-state index contributed by atoms with van der Waals surface area (Å²) in [6, 6.07) is 5.42. The highest BCUT2D eigenvalue weighted by Gasteiger charge is 2.13. The van der Waals surface area contributed by atoms with Gasteiger partial charge in [-0.05, 0) is 38.4 Å². The summed E-state index contributed by atoms with van der Waals surface area (Å²) in [6.45, 7) is 3.11. The molecule has 0 unspecified atom stereocenters. The smallest absolute Gasteiger partial charge is 0.254 e. The lowest BCUT2D eigenvalue weighted by Gasteiger charge is -2.08. The molecule has 6 nitrogen and oxygen atoms in total. The van der Waals surface area contributed by atoms with Crippen LogP contribution in [-0.4, -0.2) is 29.1 Å². The van der Waals surface area contributed by atoms with Crippen LogP contribution in [-0.2, 0) is 5.75 Å². The normalized spacial score (nSPS) is 9.75. The van der Waals surface area contributed by atoms with Crippen LogP contribution in [0.25, 0.3) is 0 Å². The van der Waals surface area contributed by atoms with Gasteiger partial charge in [0.15, 0.2) is 0 Å². The van der Waals surface area contributed by atoms with Crippen LogP contribution in [0.2, 0.25) is 0 Å². The summed E-state index contributed by atoms with van der Waals surface area (Å²) in [5.74, 6) is 1.28. The van der Waals surface area contributed by atoms with Crippen LogP contribution in [0.3, 0.4) is 0 Å². The van der Waals surface area contributed by atoms with Gasteiger partial charge >= 0.3 is 0 Å². The van der Waals surface area contributed by atoms with Crippen LogP contribution >= 0.6 is 36.6 Å². The highest BCUT2D eigenvalue weighted by atomic mass is 35.5. The summed E-state index contributed by atoms with van der Waals surface area (Å²) in [4.78, 5) is 16.5. The van der Waals surface area contributed by atoms with Gasteiger partial charge in [-0.1, -0.05) is 16.9 Å². The summed E-state index contributed by atoms with van der Waals surface area (Å²) in [5.41, 5.74) is 6.86. The van der Waals surface area contributed by atoms with E-state index in [9.17, 15) is 4.79 Å². The van der Waals surface area contributed by atoms with Crippen molar-refractivity contribution in [2.75, 3.05) is 13.1 Å². The number of halogens is 2. The number of thioether (sulfide) groups is 1. The average molecular weight is 393 g/mol. The summed E-state index contributed by atoms with van der Waals surface area (Å²) >= 11 is 1.47. The van der Waals surface area contributed by atoms with Crippen LogP contribution in [0.4, 0.5) is 0 Å². The molecule has 1 amide bonds. The lowest BCUT2D eigenvalue weighted by molar-refractivity contribution is 0.0949. The maximum atomic E-state index is 12.2. The number of carbonyl (C=O) groups is 1. The third-order valence-corrected chi connectivity index (χ3v) is 4.00. The number of hydrogen-bond acceptors (Lipinski definition) is 6. The number of nitrogens with zero attached hydrogens (tertiary/aromatic N) is 2. The second kappa shape index (κ2) is 12.1. The minimum absolute atomic E-state index is 0. The number of nitrogens with two attached hydrogens (primary N) is 1. The first-order valence-corrected chi connectivity index (χ1v) is 8.17. The van der Waals surface area contributed by atoms with Gasteiger partial charge in [0.25, 0.3) is 5.91 Å². The number of amides is 1. The van der Waals surface area contributed by atoms with Crippen molar-refractivity contribution in [1.29, 1.82) is 0 Å². The van der Waals surface area contributed by atoms with E-state index in [0.29, 0.717) is 29.4 Å². The summed E-state index contributed by atoms with van der Waals surface area (Å²) in [5, 5.41) is 7.53. The van der Waals surface area contributed by atoms with Crippen molar-refractivity contribution in [3.05, 3.63) is 41.4 Å². The predicted octanol–water partition coefficient (Wildman–Crippen LogP) is 2.98. The molecule has 0 saturated heterocycles. The van der Waals surface area contributed by atoms with Crippen LogP contribution in [0, 0.1) is 6.92 Å². The monoisotopic (exact) mass is 392 g/mol. The molecule has 2 rings (SSSR count). The molecule has 134 valence electrons. The Balaban J connectivity index is 0.00000264. The van der Waals surface area contributed by atoms with E-state index in [4.69, 9.17) is 10.3 Å². The van der Waals surface area contributed by atoms with E-state index in [2.05, 4.69) is 15.5 Å². The van der Waals surface area contributed by atoms with Crippen LogP contribution < -0.4 is 11.1 Å². The second-order valence-electron chi connectivity index (χ2n) is 4.83. The molecule has 9 heteroatoms. The summed E-state index contributed by atoms with van der Waals surface area (Å²) in [7, 11) is 0. The molecule has 0 spiro atoms. The van der Waals surface area contributed by atoms with E-state index < -0.39 is 0 Å². The minimum atomic E-state index is -0.107. The van der Waals surface area contributed by atoms with Crippen molar-refractivity contribution < 1.29 is 9.32 Å². The number of aryl methyl sites for hydroxylation is 1. The Morgan fingerprint density at radius 2 is 2.17 bits per heavy atom. The first kappa shape index (κ1) is 22.7. The third kappa shape index (κ3) is 7.09. The Morgan fingerprint density at radius 1 is 1.38 bits per heavy atom. The van der Waals surface area contributed by atoms with Gasteiger partial charge in [0, 0.05) is 24.6 Å². The lowest BCUT2D eigenvalue weighted by Crippen LogP contribution is -2.25. The molecule has 24 heavy (non-hydrogen) atoms. The van der Waals surface area contributed by atoms with Crippen LogP contribution in [0.15, 0.2) is 33.9 Å². The maximum absolute atomic E-state index is 12.2. The van der Waals surface area contributed by atoms with Gasteiger partial charge in [-0.2, -0.15) is 0 Å². The van der Waals surface area contributed by atoms with Crippen molar-refractivity contribution in [3.8, 4) is 0 Å². The van der Waals surface area contributed by atoms with E-state index in [1.54, 1.807) is 18.3 Å². The molecule has 0 bridgehead atoms. The Labute approximate surface area is 158 Å². The van der Waals surface area contributed by atoms with Gasteiger partial charge < -0.3 is 15.6 Å². The molecule has 2 heterocycles. The topological polar surface area (TPSA) is 94.0 Å². The maximum Gasteiger partial charge on any atom is 0.254 e. The van der Waals surface area contributed by atoms with Crippen LogP contribution in [0.5, 0.6) is 0 Å². The van der Waals surface area contributed by atoms with Crippen molar-refractivity contribution in [3.63, 3.8) is 0 Å². The molecule has 0 aliphatic rings. The van der Waals surface area contributed by atoms with Gasteiger partial charge in [0.1, 0.15) is 10.8 Å². The molecular formula is C15H22Cl2N4O2S. The molecule has 0 radical (unpaired) electrons. The van der Waals surface area contributed by atoms with Crippen LogP contribution in [0.1, 0.15) is 34.7 Å². The third-order valence-electron chi connectivity index (χ3n) is 2.97. The number of pyridine rings is 1. The lowest BCUT2D eigenvalue weighted by atomic mass is 10.2. The standard InChI is InChI=1S/C15H20N4O2S.2ClH/c1-11-9-12(19-21-11)10-22-15-13(5-4-8-18-15)14(20)17-7-3-2-6-16;;/h4-5,8-9H,2-3,6-7,10,16H2,1H3,(H,17,20);2*1H. The largest absolute Gasteiger partial charge is 0.361 e. The minimum Gasteiger partial charge on any atom is -0.361 e. The van der Waals surface area contributed by atoms with E-state index in [0.717, 1.165) is 24.3 Å². The molecule has 0 aliphatic heterocycles. The van der Waals surface area contributed by atoms with E-state index in [-0.39, 0.29) is 30.7 Å². The number of aromatic nitrogens is 2. The fourth-order valence-electron chi connectivity index (χ4n) is 1.87. The first-order valence-electron chi connectivity index (χ1n) is 7.19. The van der Waals surface area contributed by atoms with Gasteiger partial charge in [0.2, 0.25) is 0 Å². The molecule has 0 fully saturated rings. The molecule has 0 aliphatic carbocycles. The Hall–Kier alpha value is -1.28. The Bertz CT molecular complexity index is 625. The predicted molar refractivity (Wildman–Crippen MR) is 100 cm³/mol. The van der Waals surface area contributed by atoms with Gasteiger partial charge in [0.05, 0.1) is 11.3 Å². The summed E-state index contributed by atoms with van der Waals surface area (Å²) < 4.78 is 5.03. The van der Waals surface area contributed by atoms with E-state index >= 15 is 0 Å². The fraction of sp³-hybridized carbons (Fsp3) is 0.400. The SMILES string of the molecule is Cc1cc(CSc2ncccc2C(=O)NCCCCN)no1.Cl.Cl. The first-order chi connectivity index (χ1) is 10.7. The zero-order valence-corrected chi connectivity index (χ0v) is 15.8. The highest BCUT2D eigenvalue weighted by molar-refractivity contribution is 7.98. The number of hydrogen-bond donors (Lipinski definition) is 2. The quantitative estimate of drug-likeness (QED) is 0.529. The molecule has 0 saturated carbocycles. The van der Waals surface area contributed by atoms with Crippen molar-refractivity contribution >= 4 is 42.5 Å². The second-order valence-corrected chi connectivity index (χ2v) is 5.79. The van der Waals surface area contributed by atoms with E-state index in [1.807, 2.05) is 13.0 Å². The zero-order valence-electron chi connectivity index (χ0n) is 13.4. The van der Waals surface area contributed by atoms with Crippen molar-refractivity contribution in [2.45, 2.75) is 30.5 Å². The summed E-state index contributed by atoms with van der Waals surface area (Å²) in [6.07, 6.45) is 3.46. The molecule has 0 aromatic carbocycles. The molecular weight excluding hydrogens is 371 g/mol. The van der Waals surface area contributed by atoms with E-state index in [1.165, 1.54) is 11.8 Å². The zero-order chi connectivity index (χ0) is 15.8. The number of rotatable bonds is 8. The van der Waals surface area contributed by atoms with Gasteiger partial charge in [-0.25, -0.2) is 4.98 Å². The fourth-order valence-corrected chi connectivity index (χ4v) is 2.75. The van der Waals surface area contributed by atoms with Crippen molar-refractivity contribution in [1.82, 2.24) is 15.5 Å². The van der Waals surface area contributed by atoms with Crippen molar-refractivity contribution in [2.24, 2.45) is 5.73 Å². The van der Waals surface area contributed by atoms with Gasteiger partial charge in [-0.15, -0.1) is 24.8 Å². The molecule has 3 N–H and O–H groups in total. The number of unbranched alkanes of at least 4 members (excludes halogenated alkanes) is 1. The Morgan fingerprint density at radius 3 is 2.83 bits per heavy atom. The van der Waals surface area contributed by atoms with Gasteiger partial charge in [-0.3, -0.25) is 4.79 Å². The Kier molecular flexibility index (Phi) is 11.5.